The van der Waals surface area contributed by atoms with Crippen LogP contribution in [0.4, 0.5) is 5.69 Å². The Labute approximate surface area is 140 Å². The minimum Gasteiger partial charge on any atom is -0.506 e. The van der Waals surface area contributed by atoms with Gasteiger partial charge in [0.25, 0.3) is 11.8 Å². The molecular formula is C18H20N2O4. The van der Waals surface area contributed by atoms with Crippen molar-refractivity contribution in [3.63, 3.8) is 0 Å². The van der Waals surface area contributed by atoms with E-state index >= 15 is 0 Å². The van der Waals surface area contributed by atoms with E-state index in [1.807, 2.05) is 6.92 Å². The molecule has 2 N–H and O–H groups in total. The van der Waals surface area contributed by atoms with Gasteiger partial charge in [0.05, 0.1) is 5.69 Å². The molecule has 0 heterocycles. The van der Waals surface area contributed by atoms with E-state index in [2.05, 4.69) is 5.32 Å². The van der Waals surface area contributed by atoms with Crippen LogP contribution in [-0.4, -0.2) is 42.5 Å². The van der Waals surface area contributed by atoms with E-state index in [0.29, 0.717) is 17.0 Å². The van der Waals surface area contributed by atoms with Crippen molar-refractivity contribution < 1.29 is 19.4 Å². The quantitative estimate of drug-likeness (QED) is 0.826. The van der Waals surface area contributed by atoms with Gasteiger partial charge in [0, 0.05) is 19.7 Å². The van der Waals surface area contributed by atoms with Crippen molar-refractivity contribution in [1.82, 2.24) is 4.90 Å². The van der Waals surface area contributed by atoms with Crippen LogP contribution in [0.3, 0.4) is 0 Å². The highest BCUT2D eigenvalue weighted by molar-refractivity contribution is 6.05. The average molecular weight is 328 g/mol. The SMILES string of the molecule is Cc1ccc(O)c(NC(=O)c2cccc(OCC(=O)N(C)C)c2)c1. The zero-order valence-electron chi connectivity index (χ0n) is 13.9. The highest BCUT2D eigenvalue weighted by atomic mass is 16.5. The number of phenolic OH excluding ortho intramolecular Hbond substituents is 1. The fourth-order valence-electron chi connectivity index (χ4n) is 1.95. The van der Waals surface area contributed by atoms with Crippen molar-refractivity contribution in [1.29, 1.82) is 0 Å². The first kappa shape index (κ1) is 17.3. The van der Waals surface area contributed by atoms with Gasteiger partial charge in [0.2, 0.25) is 0 Å². The standard InChI is InChI=1S/C18H20N2O4/c1-12-7-8-16(21)15(9-12)19-18(23)13-5-4-6-14(10-13)24-11-17(22)20(2)3/h4-10,21H,11H2,1-3H3,(H,19,23). The summed E-state index contributed by atoms with van der Waals surface area (Å²) in [6, 6.07) is 11.5. The lowest BCUT2D eigenvalue weighted by Crippen LogP contribution is -2.27. The molecule has 0 unspecified atom stereocenters. The number of carbonyl (C=O) groups excluding carboxylic acids is 2. The smallest absolute Gasteiger partial charge is 0.259 e. The lowest BCUT2D eigenvalue weighted by Gasteiger charge is -2.12. The molecule has 0 fully saturated rings. The van der Waals surface area contributed by atoms with E-state index < -0.39 is 0 Å². The van der Waals surface area contributed by atoms with E-state index in [1.54, 1.807) is 50.5 Å². The summed E-state index contributed by atoms with van der Waals surface area (Å²) in [5.41, 5.74) is 1.63. The summed E-state index contributed by atoms with van der Waals surface area (Å²) in [6.07, 6.45) is 0. The summed E-state index contributed by atoms with van der Waals surface area (Å²) < 4.78 is 5.39. The third-order valence-corrected chi connectivity index (χ3v) is 3.36. The van der Waals surface area contributed by atoms with Crippen LogP contribution < -0.4 is 10.1 Å². The predicted molar refractivity (Wildman–Crippen MR) is 91.4 cm³/mol. The number of phenols is 1. The maximum atomic E-state index is 12.3. The maximum absolute atomic E-state index is 12.3. The molecular weight excluding hydrogens is 308 g/mol. The molecule has 0 aliphatic rings. The highest BCUT2D eigenvalue weighted by Gasteiger charge is 2.11. The van der Waals surface area contributed by atoms with Crippen LogP contribution in [0.25, 0.3) is 0 Å². The lowest BCUT2D eigenvalue weighted by atomic mass is 10.1. The Hall–Kier alpha value is -3.02. The van der Waals surface area contributed by atoms with Crippen LogP contribution in [0, 0.1) is 6.92 Å². The molecule has 126 valence electrons. The number of hydrogen-bond donors (Lipinski definition) is 2. The topological polar surface area (TPSA) is 78.9 Å². The van der Waals surface area contributed by atoms with Gasteiger partial charge in [-0.25, -0.2) is 0 Å². The van der Waals surface area contributed by atoms with Gasteiger partial charge in [0.15, 0.2) is 6.61 Å². The summed E-state index contributed by atoms with van der Waals surface area (Å²) in [5.74, 6) is -0.126. The summed E-state index contributed by atoms with van der Waals surface area (Å²) in [4.78, 5) is 25.3. The molecule has 0 radical (unpaired) electrons. The Kier molecular flexibility index (Phi) is 5.42. The Morgan fingerprint density at radius 3 is 2.62 bits per heavy atom. The van der Waals surface area contributed by atoms with Gasteiger partial charge in [-0.1, -0.05) is 12.1 Å². The molecule has 2 aromatic carbocycles. The van der Waals surface area contributed by atoms with Gasteiger partial charge in [-0.15, -0.1) is 0 Å². The molecule has 0 bridgehead atoms. The van der Waals surface area contributed by atoms with Crippen LogP contribution in [0.2, 0.25) is 0 Å². The number of benzene rings is 2. The third-order valence-electron chi connectivity index (χ3n) is 3.36. The predicted octanol–water partition coefficient (Wildman–Crippen LogP) is 2.42. The van der Waals surface area contributed by atoms with Crippen LogP contribution in [0.5, 0.6) is 11.5 Å². The molecule has 6 nitrogen and oxygen atoms in total. The number of aromatic hydroxyl groups is 1. The van der Waals surface area contributed by atoms with E-state index in [-0.39, 0.29) is 24.2 Å². The lowest BCUT2D eigenvalue weighted by molar-refractivity contribution is -0.130. The molecule has 0 aliphatic heterocycles. The number of nitrogens with zero attached hydrogens (tertiary/aromatic N) is 1. The molecule has 2 aromatic rings. The van der Waals surface area contributed by atoms with Crippen LogP contribution in [0.15, 0.2) is 42.5 Å². The third kappa shape index (κ3) is 4.49. The van der Waals surface area contributed by atoms with Gasteiger partial charge in [-0.05, 0) is 42.8 Å². The average Bonchev–Trinajstić information content (AvgIpc) is 2.56. The molecule has 2 amide bonds. The van der Waals surface area contributed by atoms with E-state index in [9.17, 15) is 14.7 Å². The van der Waals surface area contributed by atoms with Crippen molar-refractivity contribution in [2.45, 2.75) is 6.92 Å². The van der Waals surface area contributed by atoms with Crippen molar-refractivity contribution in [3.8, 4) is 11.5 Å². The molecule has 0 saturated heterocycles. The normalized spacial score (nSPS) is 10.1. The van der Waals surface area contributed by atoms with Crippen molar-refractivity contribution in [2.75, 3.05) is 26.0 Å². The van der Waals surface area contributed by atoms with Gasteiger partial charge in [-0.2, -0.15) is 0 Å². The molecule has 2 rings (SSSR count). The molecule has 0 saturated carbocycles. The zero-order chi connectivity index (χ0) is 17.7. The summed E-state index contributed by atoms with van der Waals surface area (Å²) >= 11 is 0. The number of rotatable bonds is 5. The van der Waals surface area contributed by atoms with Crippen molar-refractivity contribution >= 4 is 17.5 Å². The number of nitrogens with one attached hydrogen (secondary N) is 1. The van der Waals surface area contributed by atoms with Gasteiger partial charge in [-0.3, -0.25) is 9.59 Å². The Morgan fingerprint density at radius 1 is 1.17 bits per heavy atom. The molecule has 24 heavy (non-hydrogen) atoms. The number of hydrogen-bond acceptors (Lipinski definition) is 4. The minimum atomic E-state index is -0.375. The summed E-state index contributed by atoms with van der Waals surface area (Å²) in [7, 11) is 3.29. The fraction of sp³-hybridized carbons (Fsp3) is 0.222. The second-order valence-electron chi connectivity index (χ2n) is 5.58. The van der Waals surface area contributed by atoms with Crippen LogP contribution >= 0.6 is 0 Å². The molecule has 0 aliphatic carbocycles. The number of aryl methyl sites for hydroxylation is 1. The Bertz CT molecular complexity index is 756. The first-order chi connectivity index (χ1) is 11.4. The number of anilines is 1. The van der Waals surface area contributed by atoms with Gasteiger partial charge < -0.3 is 20.1 Å². The van der Waals surface area contributed by atoms with Crippen molar-refractivity contribution in [3.05, 3.63) is 53.6 Å². The number of likely N-dealkylation sites (N-methyl/N-ethyl adjacent to an activating group) is 1. The first-order valence-electron chi connectivity index (χ1n) is 7.41. The highest BCUT2D eigenvalue weighted by Crippen LogP contribution is 2.25. The first-order valence-corrected chi connectivity index (χ1v) is 7.41. The maximum Gasteiger partial charge on any atom is 0.259 e. The Morgan fingerprint density at radius 2 is 1.92 bits per heavy atom. The van der Waals surface area contributed by atoms with Crippen LogP contribution in [-0.2, 0) is 4.79 Å². The van der Waals surface area contributed by atoms with Gasteiger partial charge >= 0.3 is 0 Å². The monoisotopic (exact) mass is 328 g/mol. The number of ether oxygens (including phenoxy) is 1. The summed E-state index contributed by atoms with van der Waals surface area (Å²) in [5, 5.41) is 12.5. The second kappa shape index (κ2) is 7.50. The van der Waals surface area contributed by atoms with Gasteiger partial charge in [0.1, 0.15) is 11.5 Å². The number of amides is 2. The van der Waals surface area contributed by atoms with E-state index in [4.69, 9.17) is 4.74 Å². The van der Waals surface area contributed by atoms with Crippen molar-refractivity contribution in [2.24, 2.45) is 0 Å². The second-order valence-corrected chi connectivity index (χ2v) is 5.58. The minimum absolute atomic E-state index is 0.00191. The fourth-order valence-corrected chi connectivity index (χ4v) is 1.95. The Balaban J connectivity index is 2.08. The molecule has 0 spiro atoms. The van der Waals surface area contributed by atoms with E-state index in [0.717, 1.165) is 5.56 Å². The van der Waals surface area contributed by atoms with Crippen LogP contribution in [0.1, 0.15) is 15.9 Å². The molecule has 0 atom stereocenters. The zero-order valence-corrected chi connectivity index (χ0v) is 13.9. The van der Waals surface area contributed by atoms with E-state index in [1.165, 1.54) is 11.0 Å². The largest absolute Gasteiger partial charge is 0.506 e. The summed E-state index contributed by atoms with van der Waals surface area (Å²) in [6.45, 7) is 1.77. The molecule has 0 aromatic heterocycles. The number of carbonyl (C=O) groups is 2. The molecule has 6 heteroatoms.